The van der Waals surface area contributed by atoms with Crippen LogP contribution in [0, 0.1) is 6.92 Å². The number of aryl methyl sites for hydroxylation is 1. The van der Waals surface area contributed by atoms with Crippen molar-refractivity contribution in [1.29, 1.82) is 0 Å². The number of hydrogen-bond acceptors (Lipinski definition) is 2. The Kier molecular flexibility index (Phi) is 9.66. The van der Waals surface area contributed by atoms with Gasteiger partial charge in [-0.15, -0.1) is 0 Å². The zero-order chi connectivity index (χ0) is 25.2. The summed E-state index contributed by atoms with van der Waals surface area (Å²) < 4.78 is 0. The largest absolute Gasteiger partial charge is 0.352 e. The minimum Gasteiger partial charge on any atom is -0.352 e. The van der Waals surface area contributed by atoms with Crippen LogP contribution in [0.3, 0.4) is 0 Å². The Morgan fingerprint density at radius 3 is 1.83 bits per heavy atom. The highest BCUT2D eigenvalue weighted by atomic mass is 16.2. The lowest BCUT2D eigenvalue weighted by atomic mass is 9.88. The molecule has 0 unspecified atom stereocenters. The Balaban J connectivity index is 1.94. The predicted octanol–water partition coefficient (Wildman–Crippen LogP) is 6.24. The number of amides is 2. The molecule has 2 amide bonds. The van der Waals surface area contributed by atoms with E-state index < -0.39 is 6.04 Å². The Morgan fingerprint density at radius 1 is 0.800 bits per heavy atom. The number of nitrogens with zero attached hydrogens (tertiary/aromatic N) is 1. The average Bonchev–Trinajstić information content (AvgIpc) is 2.89. The fraction of sp³-hybridized carbons (Fsp3) is 0.355. The van der Waals surface area contributed by atoms with Crippen LogP contribution in [0.2, 0.25) is 0 Å². The van der Waals surface area contributed by atoms with Gasteiger partial charge in [-0.2, -0.15) is 0 Å². The topological polar surface area (TPSA) is 49.4 Å². The molecule has 0 saturated heterocycles. The van der Waals surface area contributed by atoms with Crippen LogP contribution in [0.1, 0.15) is 68.2 Å². The quantitative estimate of drug-likeness (QED) is 0.361. The van der Waals surface area contributed by atoms with E-state index >= 15 is 0 Å². The maximum Gasteiger partial charge on any atom is 0.243 e. The summed E-state index contributed by atoms with van der Waals surface area (Å²) in [5.41, 5.74) is 4.38. The van der Waals surface area contributed by atoms with Gasteiger partial charge in [0.05, 0.1) is 0 Å². The van der Waals surface area contributed by atoms with Crippen molar-refractivity contribution in [3.05, 3.63) is 107 Å². The zero-order valence-corrected chi connectivity index (χ0v) is 21.4. The first kappa shape index (κ1) is 26.2. The van der Waals surface area contributed by atoms with E-state index in [1.165, 1.54) is 5.56 Å². The summed E-state index contributed by atoms with van der Waals surface area (Å²) in [6.45, 7) is 8.47. The molecule has 1 N–H and O–H groups in total. The van der Waals surface area contributed by atoms with Gasteiger partial charge in [-0.05, 0) is 43.4 Å². The molecule has 2 atom stereocenters. The second kappa shape index (κ2) is 12.9. The molecule has 0 aliphatic heterocycles. The summed E-state index contributed by atoms with van der Waals surface area (Å²) in [5.74, 6) is -0.187. The molecular weight excluding hydrogens is 432 g/mol. The third-order valence-corrected chi connectivity index (χ3v) is 6.64. The van der Waals surface area contributed by atoms with E-state index in [0.29, 0.717) is 19.4 Å². The first-order valence-electron chi connectivity index (χ1n) is 12.7. The molecule has 0 aliphatic rings. The number of hydrogen-bond donors (Lipinski definition) is 1. The van der Waals surface area contributed by atoms with Gasteiger partial charge in [0.15, 0.2) is 0 Å². The van der Waals surface area contributed by atoms with Crippen LogP contribution in [-0.2, 0) is 16.1 Å². The van der Waals surface area contributed by atoms with Crippen molar-refractivity contribution in [2.75, 3.05) is 0 Å². The molecule has 0 bridgehead atoms. The highest BCUT2D eigenvalue weighted by Gasteiger charge is 2.31. The molecule has 0 fully saturated rings. The van der Waals surface area contributed by atoms with Crippen molar-refractivity contribution in [2.24, 2.45) is 0 Å². The lowest BCUT2D eigenvalue weighted by Crippen LogP contribution is -2.51. The van der Waals surface area contributed by atoms with Gasteiger partial charge in [0.2, 0.25) is 11.8 Å². The maximum atomic E-state index is 14.0. The SMILES string of the molecule is CC[C@H](C(=O)N[C@@H](C)CC)N(Cc1ccc(C)cc1)C(=O)CC(c1ccccc1)c1ccccc1. The second-order valence-corrected chi connectivity index (χ2v) is 9.33. The molecule has 4 nitrogen and oxygen atoms in total. The van der Waals surface area contributed by atoms with E-state index in [4.69, 9.17) is 0 Å². The Hall–Kier alpha value is -3.40. The van der Waals surface area contributed by atoms with E-state index in [1.54, 1.807) is 4.90 Å². The summed E-state index contributed by atoms with van der Waals surface area (Å²) in [6, 6.07) is 28.0. The van der Waals surface area contributed by atoms with Crippen LogP contribution in [0.4, 0.5) is 0 Å². The first-order valence-corrected chi connectivity index (χ1v) is 12.7. The fourth-order valence-electron chi connectivity index (χ4n) is 4.34. The molecule has 0 heterocycles. The molecule has 184 valence electrons. The third-order valence-electron chi connectivity index (χ3n) is 6.64. The molecular formula is C31H38N2O2. The summed E-state index contributed by atoms with van der Waals surface area (Å²) in [4.78, 5) is 29.0. The highest BCUT2D eigenvalue weighted by molar-refractivity contribution is 5.88. The van der Waals surface area contributed by atoms with E-state index in [0.717, 1.165) is 23.1 Å². The predicted molar refractivity (Wildman–Crippen MR) is 143 cm³/mol. The average molecular weight is 471 g/mol. The van der Waals surface area contributed by atoms with Crippen LogP contribution in [0.15, 0.2) is 84.9 Å². The van der Waals surface area contributed by atoms with Gasteiger partial charge in [0.1, 0.15) is 6.04 Å². The minimum atomic E-state index is -0.523. The van der Waals surface area contributed by atoms with E-state index in [-0.39, 0.29) is 23.8 Å². The van der Waals surface area contributed by atoms with Gasteiger partial charge in [-0.3, -0.25) is 9.59 Å². The smallest absolute Gasteiger partial charge is 0.243 e. The standard InChI is InChI=1S/C31H38N2O2/c1-5-24(4)32-31(35)29(6-2)33(22-25-19-17-23(3)18-20-25)30(34)21-28(26-13-9-7-10-14-26)27-15-11-8-12-16-27/h7-20,24,28-29H,5-6,21-22H2,1-4H3,(H,32,35)/t24-,29+/m0/s1. The van der Waals surface area contributed by atoms with Crippen molar-refractivity contribution < 1.29 is 9.59 Å². The number of nitrogens with one attached hydrogen (secondary N) is 1. The summed E-state index contributed by atoms with van der Waals surface area (Å²) in [6.07, 6.45) is 1.70. The van der Waals surface area contributed by atoms with Gasteiger partial charge in [-0.25, -0.2) is 0 Å². The Morgan fingerprint density at radius 2 is 1.34 bits per heavy atom. The molecule has 0 saturated carbocycles. The molecule has 0 radical (unpaired) electrons. The van der Waals surface area contributed by atoms with E-state index in [2.05, 4.69) is 41.7 Å². The third kappa shape index (κ3) is 7.29. The monoisotopic (exact) mass is 470 g/mol. The summed E-state index contributed by atoms with van der Waals surface area (Å²) in [7, 11) is 0. The number of carbonyl (C=O) groups is 2. The van der Waals surface area contributed by atoms with Gasteiger partial charge in [-0.1, -0.05) is 104 Å². The van der Waals surface area contributed by atoms with Crippen LogP contribution < -0.4 is 5.32 Å². The van der Waals surface area contributed by atoms with Gasteiger partial charge < -0.3 is 10.2 Å². The van der Waals surface area contributed by atoms with Crippen LogP contribution in [-0.4, -0.2) is 28.8 Å². The first-order chi connectivity index (χ1) is 16.9. The van der Waals surface area contributed by atoms with Crippen molar-refractivity contribution in [2.45, 2.75) is 71.5 Å². The van der Waals surface area contributed by atoms with Crippen LogP contribution >= 0.6 is 0 Å². The lowest BCUT2D eigenvalue weighted by Gasteiger charge is -2.33. The van der Waals surface area contributed by atoms with Crippen molar-refractivity contribution in [3.63, 3.8) is 0 Å². The molecule has 35 heavy (non-hydrogen) atoms. The molecule has 4 heteroatoms. The molecule has 3 rings (SSSR count). The van der Waals surface area contributed by atoms with Gasteiger partial charge >= 0.3 is 0 Å². The maximum absolute atomic E-state index is 14.0. The van der Waals surface area contributed by atoms with Crippen LogP contribution in [0.5, 0.6) is 0 Å². The fourth-order valence-corrected chi connectivity index (χ4v) is 4.34. The second-order valence-electron chi connectivity index (χ2n) is 9.33. The number of benzene rings is 3. The number of rotatable bonds is 11. The van der Waals surface area contributed by atoms with E-state index in [1.807, 2.05) is 76.2 Å². The van der Waals surface area contributed by atoms with E-state index in [9.17, 15) is 9.59 Å². The lowest BCUT2D eigenvalue weighted by molar-refractivity contribution is -0.141. The van der Waals surface area contributed by atoms with Crippen molar-refractivity contribution >= 4 is 11.8 Å². The Bertz CT molecular complexity index is 1020. The van der Waals surface area contributed by atoms with Crippen molar-refractivity contribution in [3.8, 4) is 0 Å². The van der Waals surface area contributed by atoms with Crippen LogP contribution in [0.25, 0.3) is 0 Å². The van der Waals surface area contributed by atoms with Gasteiger partial charge in [0.25, 0.3) is 0 Å². The minimum absolute atomic E-state index is 0.0190. The normalized spacial score (nSPS) is 12.7. The van der Waals surface area contributed by atoms with Gasteiger partial charge in [0, 0.05) is 24.9 Å². The van der Waals surface area contributed by atoms with Crippen molar-refractivity contribution in [1.82, 2.24) is 10.2 Å². The number of carbonyl (C=O) groups excluding carboxylic acids is 2. The molecule has 3 aromatic rings. The molecule has 3 aromatic carbocycles. The molecule has 0 aliphatic carbocycles. The highest BCUT2D eigenvalue weighted by Crippen LogP contribution is 2.29. The Labute approximate surface area is 210 Å². The summed E-state index contributed by atoms with van der Waals surface area (Å²) >= 11 is 0. The zero-order valence-electron chi connectivity index (χ0n) is 21.4. The summed E-state index contributed by atoms with van der Waals surface area (Å²) in [5, 5.41) is 3.09. The molecule has 0 spiro atoms. The molecule has 0 aromatic heterocycles.